The van der Waals surface area contributed by atoms with Gasteiger partial charge >= 0.3 is 0 Å². The molecule has 0 saturated heterocycles. The predicted molar refractivity (Wildman–Crippen MR) is 48.7 cm³/mol. The lowest BCUT2D eigenvalue weighted by molar-refractivity contribution is 1.16. The molecule has 2 radical (unpaired) electrons. The fourth-order valence-electron chi connectivity index (χ4n) is 0.944. The van der Waals surface area contributed by atoms with Crippen LogP contribution < -0.4 is 0 Å². The van der Waals surface area contributed by atoms with E-state index in [1.807, 2.05) is 29.6 Å². The van der Waals surface area contributed by atoms with Crippen molar-refractivity contribution in [1.29, 1.82) is 0 Å². The normalized spacial score (nSPS) is 10.1. The molecule has 0 N–H and O–H groups in total. The lowest BCUT2D eigenvalue weighted by Gasteiger charge is -1.94. The van der Waals surface area contributed by atoms with Gasteiger partial charge in [0.15, 0.2) is 0 Å². The number of nitrogens with zero attached hydrogens (tertiary/aromatic N) is 2. The molecule has 1 aromatic carbocycles. The lowest BCUT2D eigenvalue weighted by Crippen LogP contribution is -1.77. The highest BCUT2D eigenvalue weighted by Crippen LogP contribution is 2.17. The van der Waals surface area contributed by atoms with Crippen LogP contribution in [-0.4, -0.2) is 9.59 Å². The Kier molecular flexibility index (Phi) is 1.87. The van der Waals surface area contributed by atoms with Crippen LogP contribution in [0.25, 0.3) is 11.3 Å². The molecule has 0 fully saturated rings. The zero-order valence-corrected chi connectivity index (χ0v) is 7.08. The van der Waals surface area contributed by atoms with Gasteiger partial charge in [0.25, 0.3) is 0 Å². The van der Waals surface area contributed by atoms with E-state index < -0.39 is 0 Å². The number of hydrogen-bond donors (Lipinski definition) is 0. The van der Waals surface area contributed by atoms with E-state index in [9.17, 15) is 0 Å². The van der Waals surface area contributed by atoms with Crippen molar-refractivity contribution in [2.24, 2.45) is 0 Å². The predicted octanol–water partition coefficient (Wildman–Crippen LogP) is 2.26. The Labute approximate surface area is 75.0 Å². The van der Waals surface area contributed by atoms with E-state index in [0.717, 1.165) is 16.8 Å². The Morgan fingerprint density at radius 3 is 2.50 bits per heavy atom. The van der Waals surface area contributed by atoms with Gasteiger partial charge < -0.3 is 0 Å². The second-order valence-corrected chi connectivity index (χ2v) is 3.02. The zero-order chi connectivity index (χ0) is 8.39. The molecule has 12 heavy (non-hydrogen) atoms. The lowest BCUT2D eigenvalue weighted by atomic mass is 10.1. The third kappa shape index (κ3) is 1.36. The van der Waals surface area contributed by atoms with E-state index in [1.165, 1.54) is 11.5 Å². The largest absolute Gasteiger partial charge is 0.138 e. The van der Waals surface area contributed by atoms with Gasteiger partial charge in [-0.1, -0.05) is 28.8 Å². The topological polar surface area (TPSA) is 25.8 Å². The minimum Gasteiger partial charge on any atom is -0.138 e. The average molecular weight is 174 g/mol. The molecule has 1 aromatic heterocycles. The maximum absolute atomic E-state index is 5.55. The van der Waals surface area contributed by atoms with Crippen LogP contribution in [0.2, 0.25) is 0 Å². The van der Waals surface area contributed by atoms with Crippen LogP contribution in [0.3, 0.4) is 0 Å². The van der Waals surface area contributed by atoms with Crippen molar-refractivity contribution in [3.63, 3.8) is 0 Å². The maximum atomic E-state index is 5.55. The van der Waals surface area contributed by atoms with Crippen molar-refractivity contribution in [3.8, 4) is 11.3 Å². The molecule has 0 aliphatic rings. The molecule has 0 saturated carbocycles. The van der Waals surface area contributed by atoms with Gasteiger partial charge in [-0.3, -0.25) is 0 Å². The molecule has 3 heteroatoms. The third-order valence-electron chi connectivity index (χ3n) is 1.57. The molecule has 2 aromatic rings. The first-order valence-electron chi connectivity index (χ1n) is 3.49. The van der Waals surface area contributed by atoms with Gasteiger partial charge in [-0.15, -0.1) is 5.10 Å². The Morgan fingerprint density at radius 1 is 1.17 bits per heavy atom. The minimum absolute atomic E-state index is 0.766. The number of benzene rings is 1. The zero-order valence-electron chi connectivity index (χ0n) is 6.27. The second kappa shape index (κ2) is 3.03. The summed E-state index contributed by atoms with van der Waals surface area (Å²) in [5.41, 5.74) is 2.72. The van der Waals surface area contributed by atoms with Gasteiger partial charge in [0, 0.05) is 10.9 Å². The molecule has 0 aliphatic carbocycles. The highest BCUT2D eigenvalue weighted by atomic mass is 32.1. The molecule has 2 nitrogen and oxygen atoms in total. The molecule has 0 atom stereocenters. The Bertz CT molecular complexity index is 351. The quantitative estimate of drug-likeness (QED) is 0.662. The molecule has 1 heterocycles. The van der Waals surface area contributed by atoms with E-state index >= 15 is 0 Å². The third-order valence-corrected chi connectivity index (χ3v) is 2.07. The first-order chi connectivity index (χ1) is 5.86. The highest BCUT2D eigenvalue weighted by molar-refractivity contribution is 7.03. The fraction of sp³-hybridized carbons (Fsp3) is 0. The van der Waals surface area contributed by atoms with Crippen molar-refractivity contribution < 1.29 is 0 Å². The van der Waals surface area contributed by atoms with Gasteiger partial charge in [-0.2, -0.15) is 0 Å². The monoisotopic (exact) mass is 174 g/mol. The second-order valence-electron chi connectivity index (χ2n) is 2.41. The van der Waals surface area contributed by atoms with Gasteiger partial charge in [0.1, 0.15) is 5.69 Å². The first kappa shape index (κ1) is 7.43. The van der Waals surface area contributed by atoms with Crippen molar-refractivity contribution >= 4 is 11.5 Å². The van der Waals surface area contributed by atoms with Gasteiger partial charge in [0.05, 0.1) is 0 Å². The summed E-state index contributed by atoms with van der Waals surface area (Å²) in [6.45, 7) is 5.55. The van der Waals surface area contributed by atoms with Crippen LogP contribution in [0.4, 0.5) is 0 Å². The average Bonchev–Trinajstić information content (AvgIpc) is 2.58. The molecule has 58 valence electrons. The smallest absolute Gasteiger partial charge is 0.105 e. The molecule has 0 spiro atoms. The van der Waals surface area contributed by atoms with E-state index in [0.29, 0.717) is 0 Å². The maximum Gasteiger partial charge on any atom is 0.105 e. The Hall–Kier alpha value is -1.22. The summed E-state index contributed by atoms with van der Waals surface area (Å²) in [4.78, 5) is 0. The van der Waals surface area contributed by atoms with Crippen LogP contribution >= 0.6 is 11.5 Å². The van der Waals surface area contributed by atoms with Crippen LogP contribution in [0, 0.1) is 6.92 Å². The van der Waals surface area contributed by atoms with Crippen molar-refractivity contribution in [1.82, 2.24) is 9.59 Å². The number of aromatic nitrogens is 2. The van der Waals surface area contributed by atoms with E-state index in [-0.39, 0.29) is 0 Å². The van der Waals surface area contributed by atoms with Crippen molar-refractivity contribution in [2.45, 2.75) is 0 Å². The number of rotatable bonds is 1. The summed E-state index contributed by atoms with van der Waals surface area (Å²) < 4.78 is 3.78. The molecular formula is C9H6N2S. The van der Waals surface area contributed by atoms with E-state index in [1.54, 1.807) is 0 Å². The van der Waals surface area contributed by atoms with Crippen molar-refractivity contribution in [3.05, 3.63) is 42.1 Å². The van der Waals surface area contributed by atoms with E-state index in [2.05, 4.69) is 9.59 Å². The molecule has 2 rings (SSSR count). The molecule has 0 bridgehead atoms. The number of hydrogen-bond acceptors (Lipinski definition) is 3. The van der Waals surface area contributed by atoms with Gasteiger partial charge in [0.2, 0.25) is 0 Å². The molecule has 0 aliphatic heterocycles. The summed E-state index contributed by atoms with van der Waals surface area (Å²) in [6.07, 6.45) is 0. The standard InChI is InChI=1S/C9H6N2S/c1-7-2-4-8(5-3-7)9-6-12-11-10-9/h1-6H. The minimum atomic E-state index is 0.766. The van der Waals surface area contributed by atoms with Crippen LogP contribution in [0.1, 0.15) is 5.56 Å². The van der Waals surface area contributed by atoms with Gasteiger partial charge in [-0.05, 0) is 24.0 Å². The summed E-state index contributed by atoms with van der Waals surface area (Å²) >= 11 is 1.35. The Morgan fingerprint density at radius 2 is 1.92 bits per heavy atom. The van der Waals surface area contributed by atoms with E-state index in [4.69, 9.17) is 6.92 Å². The summed E-state index contributed by atoms with van der Waals surface area (Å²) in [5.74, 6) is 0. The van der Waals surface area contributed by atoms with Crippen LogP contribution in [-0.2, 0) is 0 Å². The van der Waals surface area contributed by atoms with Crippen LogP contribution in [0.15, 0.2) is 29.6 Å². The van der Waals surface area contributed by atoms with Crippen molar-refractivity contribution in [2.75, 3.05) is 0 Å². The summed E-state index contributed by atoms with van der Waals surface area (Å²) in [5, 5.41) is 5.85. The summed E-state index contributed by atoms with van der Waals surface area (Å²) in [7, 11) is 0. The summed E-state index contributed by atoms with van der Waals surface area (Å²) in [6, 6.07) is 7.58. The molecule has 0 unspecified atom stereocenters. The van der Waals surface area contributed by atoms with Gasteiger partial charge in [-0.25, -0.2) is 0 Å². The van der Waals surface area contributed by atoms with Crippen LogP contribution in [0.5, 0.6) is 0 Å². The Balaban J connectivity index is 2.43. The molecular weight excluding hydrogens is 168 g/mol. The fourth-order valence-corrected chi connectivity index (χ4v) is 1.41. The SMILES string of the molecule is [CH]c1ccc(-c2csnn2)cc1. The first-order valence-corrected chi connectivity index (χ1v) is 4.33. The highest BCUT2D eigenvalue weighted by Gasteiger charge is 1.98. The molecule has 0 amide bonds.